The first-order valence-corrected chi connectivity index (χ1v) is 7.70. The summed E-state index contributed by atoms with van der Waals surface area (Å²) in [5.74, 6) is 0.0238. The van der Waals surface area contributed by atoms with Crippen molar-refractivity contribution in [3.05, 3.63) is 35.4 Å². The lowest BCUT2D eigenvalue weighted by Gasteiger charge is -2.32. The van der Waals surface area contributed by atoms with Crippen LogP contribution in [-0.2, 0) is 15.1 Å². The molecule has 1 fully saturated rings. The van der Waals surface area contributed by atoms with E-state index in [0.29, 0.717) is 13.0 Å². The van der Waals surface area contributed by atoms with Crippen molar-refractivity contribution in [2.45, 2.75) is 50.7 Å². The Morgan fingerprint density at radius 1 is 1.43 bits per heavy atom. The highest BCUT2D eigenvalue weighted by Gasteiger charge is 2.37. The molecule has 116 valence electrons. The Hall–Kier alpha value is -1.39. The fourth-order valence-corrected chi connectivity index (χ4v) is 3.19. The molecule has 0 spiro atoms. The first-order valence-electron chi connectivity index (χ1n) is 7.70. The average molecular weight is 290 g/mol. The maximum Gasteiger partial charge on any atom is 0.223 e. The third-order valence-electron chi connectivity index (χ3n) is 4.42. The molecule has 1 aromatic rings. The standard InChI is InChI=1S/C17H26N2O2/c1-13-6-5-7-14(10-13)17(8-3-4-9-17)19-16(20)11-15(12-18)21-2/h5-7,10,15H,3-4,8-9,11-12,18H2,1-2H3,(H,19,20). The van der Waals surface area contributed by atoms with Gasteiger partial charge in [0, 0.05) is 13.7 Å². The molecule has 1 amide bonds. The number of benzene rings is 1. The van der Waals surface area contributed by atoms with Gasteiger partial charge < -0.3 is 15.8 Å². The van der Waals surface area contributed by atoms with Crippen LogP contribution >= 0.6 is 0 Å². The van der Waals surface area contributed by atoms with Crippen molar-refractivity contribution in [1.82, 2.24) is 5.32 Å². The van der Waals surface area contributed by atoms with Gasteiger partial charge in [-0.1, -0.05) is 42.7 Å². The number of rotatable bonds is 6. The van der Waals surface area contributed by atoms with Crippen LogP contribution in [0.15, 0.2) is 24.3 Å². The van der Waals surface area contributed by atoms with Crippen LogP contribution in [0.2, 0.25) is 0 Å². The van der Waals surface area contributed by atoms with Gasteiger partial charge in [0.05, 0.1) is 18.1 Å². The molecule has 1 aliphatic carbocycles. The predicted molar refractivity (Wildman–Crippen MR) is 83.9 cm³/mol. The van der Waals surface area contributed by atoms with E-state index in [0.717, 1.165) is 25.7 Å². The van der Waals surface area contributed by atoms with Gasteiger partial charge in [0.15, 0.2) is 0 Å². The molecule has 21 heavy (non-hydrogen) atoms. The molecule has 3 N–H and O–H groups in total. The number of nitrogens with two attached hydrogens (primary N) is 1. The number of carbonyl (C=O) groups excluding carboxylic acids is 1. The zero-order chi connectivity index (χ0) is 15.3. The average Bonchev–Trinajstić information content (AvgIpc) is 2.94. The molecule has 1 unspecified atom stereocenters. The molecular weight excluding hydrogens is 264 g/mol. The Balaban J connectivity index is 2.14. The number of nitrogens with one attached hydrogen (secondary N) is 1. The van der Waals surface area contributed by atoms with E-state index in [1.807, 2.05) is 0 Å². The third kappa shape index (κ3) is 3.83. The topological polar surface area (TPSA) is 64.3 Å². The SMILES string of the molecule is COC(CN)CC(=O)NC1(c2cccc(C)c2)CCCC1. The molecule has 1 aliphatic rings. The molecule has 2 rings (SSSR count). The highest BCUT2D eigenvalue weighted by atomic mass is 16.5. The molecule has 0 aliphatic heterocycles. The second-order valence-corrected chi connectivity index (χ2v) is 6.00. The third-order valence-corrected chi connectivity index (χ3v) is 4.42. The van der Waals surface area contributed by atoms with Crippen molar-refractivity contribution >= 4 is 5.91 Å². The fraction of sp³-hybridized carbons (Fsp3) is 0.588. The van der Waals surface area contributed by atoms with Crippen LogP contribution in [0, 0.1) is 6.92 Å². The number of methoxy groups -OCH3 is 1. The highest BCUT2D eigenvalue weighted by molar-refractivity contribution is 5.77. The first-order chi connectivity index (χ1) is 10.1. The van der Waals surface area contributed by atoms with E-state index in [2.05, 4.69) is 36.5 Å². The molecule has 1 atom stereocenters. The number of hydrogen-bond donors (Lipinski definition) is 2. The summed E-state index contributed by atoms with van der Waals surface area (Å²) >= 11 is 0. The molecule has 0 bridgehead atoms. The minimum absolute atomic E-state index is 0.0238. The normalized spacial score (nSPS) is 18.4. The molecule has 1 aromatic carbocycles. The minimum Gasteiger partial charge on any atom is -0.380 e. The summed E-state index contributed by atoms with van der Waals surface area (Å²) in [5, 5.41) is 3.26. The summed E-state index contributed by atoms with van der Waals surface area (Å²) in [6.07, 6.45) is 4.42. The molecule has 0 saturated heterocycles. The van der Waals surface area contributed by atoms with Crippen molar-refractivity contribution in [3.63, 3.8) is 0 Å². The van der Waals surface area contributed by atoms with Gasteiger partial charge in [-0.15, -0.1) is 0 Å². The number of aryl methyl sites for hydroxylation is 1. The van der Waals surface area contributed by atoms with Crippen molar-refractivity contribution in [2.75, 3.05) is 13.7 Å². The van der Waals surface area contributed by atoms with Crippen LogP contribution < -0.4 is 11.1 Å². The summed E-state index contributed by atoms with van der Waals surface area (Å²) < 4.78 is 5.21. The van der Waals surface area contributed by atoms with Gasteiger partial charge in [-0.25, -0.2) is 0 Å². The molecular formula is C17H26N2O2. The van der Waals surface area contributed by atoms with Crippen molar-refractivity contribution < 1.29 is 9.53 Å². The first kappa shape index (κ1) is 16.0. The molecule has 4 nitrogen and oxygen atoms in total. The second kappa shape index (κ2) is 7.05. The lowest BCUT2D eigenvalue weighted by Crippen LogP contribution is -2.45. The van der Waals surface area contributed by atoms with Crippen LogP contribution in [-0.4, -0.2) is 25.7 Å². The van der Waals surface area contributed by atoms with Crippen LogP contribution in [0.4, 0.5) is 0 Å². The minimum atomic E-state index is -0.212. The maximum absolute atomic E-state index is 12.3. The Morgan fingerprint density at radius 3 is 2.71 bits per heavy atom. The van der Waals surface area contributed by atoms with E-state index in [9.17, 15) is 4.79 Å². The summed E-state index contributed by atoms with van der Waals surface area (Å²) in [5.41, 5.74) is 7.83. The van der Waals surface area contributed by atoms with E-state index in [1.54, 1.807) is 7.11 Å². The van der Waals surface area contributed by atoms with E-state index < -0.39 is 0 Å². The molecule has 1 saturated carbocycles. The van der Waals surface area contributed by atoms with Gasteiger partial charge in [-0.3, -0.25) is 4.79 Å². The van der Waals surface area contributed by atoms with Crippen LogP contribution in [0.5, 0.6) is 0 Å². The smallest absolute Gasteiger partial charge is 0.223 e. The number of carbonyl (C=O) groups is 1. The van der Waals surface area contributed by atoms with E-state index in [1.165, 1.54) is 11.1 Å². The predicted octanol–water partition coefficient (Wildman–Crippen LogP) is 2.24. The zero-order valence-corrected chi connectivity index (χ0v) is 13.0. The summed E-state index contributed by atoms with van der Waals surface area (Å²) in [7, 11) is 1.59. The quantitative estimate of drug-likeness (QED) is 0.844. The van der Waals surface area contributed by atoms with Gasteiger partial charge >= 0.3 is 0 Å². The van der Waals surface area contributed by atoms with Crippen molar-refractivity contribution in [2.24, 2.45) is 5.73 Å². The Labute approximate surface area is 127 Å². The van der Waals surface area contributed by atoms with Gasteiger partial charge in [0.2, 0.25) is 5.91 Å². The van der Waals surface area contributed by atoms with Crippen LogP contribution in [0.25, 0.3) is 0 Å². The summed E-state index contributed by atoms with van der Waals surface area (Å²) in [6.45, 7) is 2.45. The second-order valence-electron chi connectivity index (χ2n) is 6.00. The lowest BCUT2D eigenvalue weighted by atomic mass is 9.87. The Bertz CT molecular complexity index is 477. The molecule has 0 heterocycles. The van der Waals surface area contributed by atoms with Gasteiger partial charge in [0.25, 0.3) is 0 Å². The summed E-state index contributed by atoms with van der Waals surface area (Å²) in [6, 6.07) is 8.45. The van der Waals surface area contributed by atoms with Crippen LogP contribution in [0.3, 0.4) is 0 Å². The Morgan fingerprint density at radius 2 is 2.14 bits per heavy atom. The largest absolute Gasteiger partial charge is 0.380 e. The summed E-state index contributed by atoms with van der Waals surface area (Å²) in [4.78, 5) is 12.3. The van der Waals surface area contributed by atoms with Gasteiger partial charge in [0.1, 0.15) is 0 Å². The Kier molecular flexibility index (Phi) is 5.37. The fourth-order valence-electron chi connectivity index (χ4n) is 3.19. The molecule has 0 aromatic heterocycles. The highest BCUT2D eigenvalue weighted by Crippen LogP contribution is 2.39. The number of hydrogen-bond acceptors (Lipinski definition) is 3. The van der Waals surface area contributed by atoms with Crippen molar-refractivity contribution in [1.29, 1.82) is 0 Å². The van der Waals surface area contributed by atoms with Gasteiger partial charge in [-0.2, -0.15) is 0 Å². The van der Waals surface area contributed by atoms with E-state index in [4.69, 9.17) is 10.5 Å². The number of amides is 1. The van der Waals surface area contributed by atoms with E-state index >= 15 is 0 Å². The van der Waals surface area contributed by atoms with Crippen molar-refractivity contribution in [3.8, 4) is 0 Å². The maximum atomic E-state index is 12.3. The van der Waals surface area contributed by atoms with Gasteiger partial charge in [-0.05, 0) is 25.3 Å². The van der Waals surface area contributed by atoms with E-state index in [-0.39, 0.29) is 17.6 Å². The zero-order valence-electron chi connectivity index (χ0n) is 13.0. The monoisotopic (exact) mass is 290 g/mol. The molecule has 0 radical (unpaired) electrons. The lowest BCUT2D eigenvalue weighted by molar-refractivity contribution is -0.125. The van der Waals surface area contributed by atoms with Crippen LogP contribution in [0.1, 0.15) is 43.2 Å². The number of ether oxygens (including phenoxy) is 1. The molecule has 4 heteroatoms.